The number of sulfonamides is 1. The summed E-state index contributed by atoms with van der Waals surface area (Å²) in [5.74, 6) is -0.186. The highest BCUT2D eigenvalue weighted by atomic mass is 32.2. The standard InChI is InChI=1S/C17H28N2O3S/c1-6-14-9-8-10-15(7-2)16(14)19(23(5,21)22)12-11-18-17(20)13(3)4/h8-10,13H,6-7,11-12H2,1-5H3,(H,18,20). The highest BCUT2D eigenvalue weighted by Gasteiger charge is 2.22. The van der Waals surface area contributed by atoms with E-state index in [9.17, 15) is 13.2 Å². The molecule has 6 heteroatoms. The van der Waals surface area contributed by atoms with Crippen LogP contribution in [0.2, 0.25) is 0 Å². The first-order valence-electron chi connectivity index (χ1n) is 8.08. The zero-order valence-electron chi connectivity index (χ0n) is 14.7. The van der Waals surface area contributed by atoms with Crippen molar-refractivity contribution in [1.82, 2.24) is 5.32 Å². The van der Waals surface area contributed by atoms with Crippen LogP contribution in [0.5, 0.6) is 0 Å². The monoisotopic (exact) mass is 340 g/mol. The van der Waals surface area contributed by atoms with Crippen LogP contribution in [0, 0.1) is 5.92 Å². The summed E-state index contributed by atoms with van der Waals surface area (Å²) in [5, 5.41) is 2.78. The van der Waals surface area contributed by atoms with Crippen molar-refractivity contribution in [3.05, 3.63) is 29.3 Å². The summed E-state index contributed by atoms with van der Waals surface area (Å²) in [5.41, 5.74) is 2.77. The van der Waals surface area contributed by atoms with E-state index in [1.54, 1.807) is 0 Å². The Morgan fingerprint density at radius 2 is 1.70 bits per heavy atom. The molecular weight excluding hydrogens is 312 g/mol. The Morgan fingerprint density at radius 1 is 1.17 bits per heavy atom. The van der Waals surface area contributed by atoms with Crippen molar-refractivity contribution in [2.45, 2.75) is 40.5 Å². The van der Waals surface area contributed by atoms with Crippen molar-refractivity contribution < 1.29 is 13.2 Å². The van der Waals surface area contributed by atoms with Crippen LogP contribution in [0.4, 0.5) is 5.69 Å². The van der Waals surface area contributed by atoms with E-state index in [1.807, 2.05) is 45.9 Å². The van der Waals surface area contributed by atoms with Gasteiger partial charge in [0.25, 0.3) is 0 Å². The molecule has 130 valence electrons. The predicted molar refractivity (Wildman–Crippen MR) is 95.2 cm³/mol. The molecule has 5 nitrogen and oxygen atoms in total. The van der Waals surface area contributed by atoms with Crippen molar-refractivity contribution >= 4 is 21.6 Å². The van der Waals surface area contributed by atoms with E-state index in [0.717, 1.165) is 29.7 Å². The summed E-state index contributed by atoms with van der Waals surface area (Å²) in [6.45, 7) is 8.18. The van der Waals surface area contributed by atoms with Gasteiger partial charge in [0.1, 0.15) is 0 Å². The molecule has 1 rings (SSSR count). The number of hydrogen-bond acceptors (Lipinski definition) is 3. The second-order valence-corrected chi connectivity index (χ2v) is 7.82. The smallest absolute Gasteiger partial charge is 0.232 e. The Hall–Kier alpha value is -1.56. The van der Waals surface area contributed by atoms with Crippen LogP contribution in [0.3, 0.4) is 0 Å². The summed E-state index contributed by atoms with van der Waals surface area (Å²) >= 11 is 0. The van der Waals surface area contributed by atoms with Gasteiger partial charge in [-0.25, -0.2) is 8.42 Å². The molecule has 1 aromatic carbocycles. The SMILES string of the molecule is CCc1cccc(CC)c1N(CCNC(=O)C(C)C)S(C)(=O)=O. The summed E-state index contributed by atoms with van der Waals surface area (Å²) in [6.07, 6.45) is 2.73. The third-order valence-electron chi connectivity index (χ3n) is 3.75. The molecular formula is C17H28N2O3S. The Bertz CT molecular complexity index is 617. The topological polar surface area (TPSA) is 66.5 Å². The molecule has 1 amide bonds. The molecule has 0 fully saturated rings. The van der Waals surface area contributed by atoms with Gasteiger partial charge in [-0.2, -0.15) is 0 Å². The molecule has 0 radical (unpaired) electrons. The number of nitrogens with zero attached hydrogens (tertiary/aromatic N) is 1. The van der Waals surface area contributed by atoms with Gasteiger partial charge in [0.05, 0.1) is 18.5 Å². The van der Waals surface area contributed by atoms with Gasteiger partial charge in [-0.15, -0.1) is 0 Å². The lowest BCUT2D eigenvalue weighted by Crippen LogP contribution is -2.40. The Labute approximate surface area is 140 Å². The van der Waals surface area contributed by atoms with E-state index in [0.29, 0.717) is 6.54 Å². The van der Waals surface area contributed by atoms with E-state index in [1.165, 1.54) is 10.6 Å². The molecule has 0 atom stereocenters. The fraction of sp³-hybridized carbons (Fsp3) is 0.588. The number of aryl methyl sites for hydroxylation is 2. The Morgan fingerprint density at radius 3 is 2.09 bits per heavy atom. The fourth-order valence-corrected chi connectivity index (χ4v) is 3.45. The van der Waals surface area contributed by atoms with Gasteiger partial charge in [0.2, 0.25) is 15.9 Å². The highest BCUT2D eigenvalue weighted by molar-refractivity contribution is 7.92. The number of carbonyl (C=O) groups excluding carboxylic acids is 1. The molecule has 0 bridgehead atoms. The molecule has 0 heterocycles. The molecule has 1 N–H and O–H groups in total. The summed E-state index contributed by atoms with van der Waals surface area (Å²) in [7, 11) is -3.42. The second-order valence-electron chi connectivity index (χ2n) is 5.91. The van der Waals surface area contributed by atoms with E-state index in [4.69, 9.17) is 0 Å². The molecule has 0 aliphatic rings. The maximum atomic E-state index is 12.3. The average Bonchev–Trinajstić information content (AvgIpc) is 2.49. The van der Waals surface area contributed by atoms with Crippen LogP contribution >= 0.6 is 0 Å². The zero-order chi connectivity index (χ0) is 17.6. The van der Waals surface area contributed by atoms with Gasteiger partial charge in [0, 0.05) is 12.5 Å². The van der Waals surface area contributed by atoms with Gasteiger partial charge in [0.15, 0.2) is 0 Å². The van der Waals surface area contributed by atoms with Crippen LogP contribution in [0.15, 0.2) is 18.2 Å². The summed E-state index contributed by atoms with van der Waals surface area (Å²) in [4.78, 5) is 11.7. The van der Waals surface area contributed by atoms with E-state index >= 15 is 0 Å². The lowest BCUT2D eigenvalue weighted by molar-refractivity contribution is -0.123. The van der Waals surface area contributed by atoms with Crippen molar-refractivity contribution in [1.29, 1.82) is 0 Å². The maximum Gasteiger partial charge on any atom is 0.232 e. The number of anilines is 1. The number of amides is 1. The van der Waals surface area contributed by atoms with Gasteiger partial charge in [-0.05, 0) is 24.0 Å². The van der Waals surface area contributed by atoms with Crippen molar-refractivity contribution in [2.24, 2.45) is 5.92 Å². The van der Waals surface area contributed by atoms with Crippen LogP contribution < -0.4 is 9.62 Å². The lowest BCUT2D eigenvalue weighted by atomic mass is 10.0. The first kappa shape index (κ1) is 19.5. The number of rotatable bonds is 8. The number of hydrogen-bond donors (Lipinski definition) is 1. The van der Waals surface area contributed by atoms with Crippen LogP contribution in [0.25, 0.3) is 0 Å². The molecule has 0 saturated heterocycles. The van der Waals surface area contributed by atoms with Gasteiger partial charge in [-0.3, -0.25) is 9.10 Å². The summed E-state index contributed by atoms with van der Waals surface area (Å²) in [6, 6.07) is 5.88. The van der Waals surface area contributed by atoms with Crippen LogP contribution in [0.1, 0.15) is 38.8 Å². The average molecular weight is 340 g/mol. The van der Waals surface area contributed by atoms with Gasteiger partial charge in [-0.1, -0.05) is 45.9 Å². The first-order chi connectivity index (χ1) is 10.7. The highest BCUT2D eigenvalue weighted by Crippen LogP contribution is 2.28. The molecule has 1 aromatic rings. The second kappa shape index (κ2) is 8.34. The number of carbonyl (C=O) groups is 1. The van der Waals surface area contributed by atoms with Gasteiger partial charge < -0.3 is 5.32 Å². The zero-order valence-corrected chi connectivity index (χ0v) is 15.5. The molecule has 0 spiro atoms. The normalized spacial score (nSPS) is 11.6. The maximum absolute atomic E-state index is 12.3. The molecule has 0 aliphatic carbocycles. The quantitative estimate of drug-likeness (QED) is 0.790. The lowest BCUT2D eigenvalue weighted by Gasteiger charge is -2.27. The van der Waals surface area contributed by atoms with Crippen LogP contribution in [-0.2, 0) is 27.7 Å². The number of benzene rings is 1. The summed E-state index contributed by atoms with van der Waals surface area (Å²) < 4.78 is 26.0. The molecule has 0 aromatic heterocycles. The molecule has 0 unspecified atom stereocenters. The fourth-order valence-electron chi connectivity index (χ4n) is 2.46. The Balaban J connectivity index is 3.12. The van der Waals surface area contributed by atoms with Crippen LogP contribution in [-0.4, -0.2) is 33.7 Å². The minimum atomic E-state index is -3.42. The third-order valence-corrected chi connectivity index (χ3v) is 4.92. The largest absolute Gasteiger partial charge is 0.354 e. The van der Waals surface area contributed by atoms with Gasteiger partial charge >= 0.3 is 0 Å². The molecule has 23 heavy (non-hydrogen) atoms. The number of nitrogens with one attached hydrogen (secondary N) is 1. The third kappa shape index (κ3) is 5.23. The number of para-hydroxylation sites is 1. The van der Waals surface area contributed by atoms with Crippen molar-refractivity contribution in [2.75, 3.05) is 23.7 Å². The van der Waals surface area contributed by atoms with Crippen molar-refractivity contribution in [3.8, 4) is 0 Å². The van der Waals surface area contributed by atoms with Crippen molar-refractivity contribution in [3.63, 3.8) is 0 Å². The minimum absolute atomic E-state index is 0.0713. The van der Waals surface area contributed by atoms with E-state index < -0.39 is 10.0 Å². The molecule has 0 aliphatic heterocycles. The first-order valence-corrected chi connectivity index (χ1v) is 9.93. The minimum Gasteiger partial charge on any atom is -0.354 e. The predicted octanol–water partition coefficient (Wildman–Crippen LogP) is 2.35. The van der Waals surface area contributed by atoms with E-state index in [2.05, 4.69) is 5.32 Å². The Kier molecular flexibility index (Phi) is 7.06. The van der Waals surface area contributed by atoms with E-state index in [-0.39, 0.29) is 18.4 Å². The molecule has 0 saturated carbocycles.